The van der Waals surface area contributed by atoms with E-state index >= 15 is 0 Å². The smallest absolute Gasteiger partial charge is 0.261 e. The van der Waals surface area contributed by atoms with Gasteiger partial charge in [0.05, 0.1) is 6.04 Å². The van der Waals surface area contributed by atoms with E-state index in [0.29, 0.717) is 37.6 Å². The number of benzene rings is 2. The van der Waals surface area contributed by atoms with Crippen LogP contribution in [0, 0.1) is 17.2 Å². The number of amides is 2. The molecule has 2 aromatic carbocycles. The summed E-state index contributed by atoms with van der Waals surface area (Å²) in [5, 5.41) is 3.00. The summed E-state index contributed by atoms with van der Waals surface area (Å²) in [6.45, 7) is 8.90. The van der Waals surface area contributed by atoms with E-state index in [1.165, 1.54) is 25.0 Å². The molecule has 4 rings (SSSR count). The minimum atomic E-state index is -0.583. The largest absolute Gasteiger partial charge is 0.481 e. The zero-order chi connectivity index (χ0) is 24.5. The van der Waals surface area contributed by atoms with Crippen molar-refractivity contribution in [1.29, 1.82) is 0 Å². The van der Waals surface area contributed by atoms with Gasteiger partial charge in [-0.1, -0.05) is 45.9 Å². The van der Waals surface area contributed by atoms with Crippen molar-refractivity contribution in [2.24, 2.45) is 11.3 Å². The molecule has 1 N–H and O–H groups in total. The van der Waals surface area contributed by atoms with Crippen LogP contribution in [0.15, 0.2) is 42.5 Å². The van der Waals surface area contributed by atoms with Crippen molar-refractivity contribution >= 4 is 11.8 Å². The molecule has 2 aliphatic rings. The Balaban J connectivity index is 1.66. The fraction of sp³-hybridized carbons (Fsp3) is 0.500. The minimum absolute atomic E-state index is 0.0182. The summed E-state index contributed by atoms with van der Waals surface area (Å²) in [5.74, 6) is 0.767. The number of rotatable bonds is 7. The third kappa shape index (κ3) is 5.43. The Morgan fingerprint density at radius 2 is 1.94 bits per heavy atom. The van der Waals surface area contributed by atoms with Crippen LogP contribution in [-0.4, -0.2) is 35.9 Å². The summed E-state index contributed by atoms with van der Waals surface area (Å²) in [6.07, 6.45) is 3.03. The predicted molar refractivity (Wildman–Crippen MR) is 130 cm³/mol. The fourth-order valence-corrected chi connectivity index (χ4v) is 4.52. The van der Waals surface area contributed by atoms with Crippen LogP contribution >= 0.6 is 0 Å². The summed E-state index contributed by atoms with van der Waals surface area (Å²) in [5.41, 5.74) is 2.18. The molecule has 0 saturated heterocycles. The summed E-state index contributed by atoms with van der Waals surface area (Å²) in [7, 11) is 0. The lowest BCUT2D eigenvalue weighted by Crippen LogP contribution is -2.45. The van der Waals surface area contributed by atoms with E-state index in [9.17, 15) is 14.0 Å². The zero-order valence-corrected chi connectivity index (χ0v) is 20.6. The Hall–Kier alpha value is -2.89. The van der Waals surface area contributed by atoms with Gasteiger partial charge in [-0.15, -0.1) is 0 Å². The lowest BCUT2D eigenvalue weighted by molar-refractivity contribution is -0.141. The van der Waals surface area contributed by atoms with Gasteiger partial charge in [0.15, 0.2) is 6.10 Å². The number of carbonyl (C=O) groups excluding carboxylic acids is 2. The average molecular weight is 467 g/mol. The molecule has 2 amide bonds. The molecule has 1 aliphatic heterocycles. The van der Waals surface area contributed by atoms with Crippen LogP contribution < -0.4 is 10.1 Å². The Bertz CT molecular complexity index is 1060. The van der Waals surface area contributed by atoms with E-state index in [1.54, 1.807) is 6.07 Å². The third-order valence-electron chi connectivity index (χ3n) is 6.62. The number of nitrogens with zero attached hydrogens (tertiary/aromatic N) is 1. The first-order valence-electron chi connectivity index (χ1n) is 12.3. The second-order valence-electron chi connectivity index (χ2n) is 10.5. The molecule has 6 heteroatoms. The second kappa shape index (κ2) is 9.77. The zero-order valence-electron chi connectivity index (χ0n) is 20.6. The van der Waals surface area contributed by atoms with Gasteiger partial charge in [0.25, 0.3) is 5.91 Å². The standard InChI is InChI=1S/C28H35FN2O3/c1-5-24(26(32)30-17-18-9-10-18)34-22-12-11-19-13-14-31(27(33)28(2,3)4)25(23(19)16-22)20-7-6-8-21(29)15-20/h6-8,11-12,15-16,18,24-25H,5,9-10,13-14,17H2,1-4H3,(H,30,32). The third-order valence-corrected chi connectivity index (χ3v) is 6.62. The summed E-state index contributed by atoms with van der Waals surface area (Å²) in [6, 6.07) is 11.8. The van der Waals surface area contributed by atoms with Crippen molar-refractivity contribution in [2.75, 3.05) is 13.1 Å². The number of hydrogen-bond donors (Lipinski definition) is 1. The number of hydrogen-bond acceptors (Lipinski definition) is 3. The molecule has 1 saturated carbocycles. The van der Waals surface area contributed by atoms with Gasteiger partial charge in [-0.3, -0.25) is 9.59 Å². The highest BCUT2D eigenvalue weighted by Gasteiger charge is 2.37. The number of nitrogens with one attached hydrogen (secondary N) is 1. The SMILES string of the molecule is CCC(Oc1ccc2c(c1)C(c1cccc(F)c1)N(C(=O)C(C)(C)C)CC2)C(=O)NCC1CC1. The molecule has 2 unspecified atom stereocenters. The molecule has 1 fully saturated rings. The molecule has 0 bridgehead atoms. The van der Waals surface area contributed by atoms with Crippen LogP contribution in [0.2, 0.25) is 0 Å². The quantitative estimate of drug-likeness (QED) is 0.623. The monoisotopic (exact) mass is 466 g/mol. The fourth-order valence-electron chi connectivity index (χ4n) is 4.52. The highest BCUT2D eigenvalue weighted by molar-refractivity contribution is 5.83. The van der Waals surface area contributed by atoms with Crippen molar-refractivity contribution in [3.63, 3.8) is 0 Å². The molecule has 0 radical (unpaired) electrons. The number of halogens is 1. The van der Waals surface area contributed by atoms with Crippen molar-refractivity contribution in [1.82, 2.24) is 10.2 Å². The van der Waals surface area contributed by atoms with Gasteiger partial charge in [-0.2, -0.15) is 0 Å². The predicted octanol–water partition coefficient (Wildman–Crippen LogP) is 5.03. The molecule has 0 aromatic heterocycles. The Kier molecular flexibility index (Phi) is 6.96. The molecule has 0 spiro atoms. The first kappa shape index (κ1) is 24.2. The van der Waals surface area contributed by atoms with Gasteiger partial charge in [-0.05, 0) is 72.6 Å². The normalized spacial score (nSPS) is 18.7. The molecule has 1 heterocycles. The number of carbonyl (C=O) groups is 2. The highest BCUT2D eigenvalue weighted by Crippen LogP contribution is 2.39. The maximum atomic E-state index is 14.2. The van der Waals surface area contributed by atoms with Crippen molar-refractivity contribution < 1.29 is 18.7 Å². The van der Waals surface area contributed by atoms with Crippen LogP contribution in [0.5, 0.6) is 5.75 Å². The first-order valence-corrected chi connectivity index (χ1v) is 12.3. The van der Waals surface area contributed by atoms with Crippen molar-refractivity contribution in [3.8, 4) is 5.75 Å². The number of ether oxygens (including phenoxy) is 1. The van der Waals surface area contributed by atoms with Crippen molar-refractivity contribution in [3.05, 3.63) is 65.0 Å². The van der Waals surface area contributed by atoms with Gasteiger partial charge < -0.3 is 15.0 Å². The molecule has 34 heavy (non-hydrogen) atoms. The second-order valence-corrected chi connectivity index (χ2v) is 10.5. The van der Waals surface area contributed by atoms with Gasteiger partial charge in [0.1, 0.15) is 11.6 Å². The van der Waals surface area contributed by atoms with Gasteiger partial charge >= 0.3 is 0 Å². The molecular weight excluding hydrogens is 431 g/mol. The van der Waals surface area contributed by atoms with Gasteiger partial charge in [-0.25, -0.2) is 4.39 Å². The molecule has 5 nitrogen and oxygen atoms in total. The summed E-state index contributed by atoms with van der Waals surface area (Å²) in [4.78, 5) is 27.9. The van der Waals surface area contributed by atoms with Gasteiger partial charge in [0, 0.05) is 18.5 Å². The Morgan fingerprint density at radius 1 is 1.18 bits per heavy atom. The van der Waals surface area contributed by atoms with E-state index in [-0.39, 0.29) is 17.6 Å². The topological polar surface area (TPSA) is 58.6 Å². The van der Waals surface area contributed by atoms with Crippen LogP contribution in [0.25, 0.3) is 0 Å². The minimum Gasteiger partial charge on any atom is -0.481 e. The summed E-state index contributed by atoms with van der Waals surface area (Å²) >= 11 is 0. The first-order chi connectivity index (χ1) is 16.2. The van der Waals surface area contributed by atoms with Crippen molar-refractivity contribution in [2.45, 2.75) is 65.5 Å². The molecule has 2 aromatic rings. The lowest BCUT2D eigenvalue weighted by Gasteiger charge is -2.41. The molecule has 2 atom stereocenters. The molecule has 1 aliphatic carbocycles. The van der Waals surface area contributed by atoms with Crippen LogP contribution in [0.1, 0.15) is 69.7 Å². The molecule has 182 valence electrons. The maximum absolute atomic E-state index is 14.2. The Morgan fingerprint density at radius 3 is 2.59 bits per heavy atom. The van der Waals surface area contributed by atoms with E-state index in [2.05, 4.69) is 5.32 Å². The van der Waals surface area contributed by atoms with E-state index in [0.717, 1.165) is 16.7 Å². The lowest BCUT2D eigenvalue weighted by atomic mass is 9.85. The van der Waals surface area contributed by atoms with E-state index < -0.39 is 17.6 Å². The molecular formula is C28H35FN2O3. The van der Waals surface area contributed by atoms with Gasteiger partial charge in [0.2, 0.25) is 5.91 Å². The van der Waals surface area contributed by atoms with E-state index in [4.69, 9.17) is 4.74 Å². The number of fused-ring (bicyclic) bond motifs is 1. The van der Waals surface area contributed by atoms with Crippen LogP contribution in [0.3, 0.4) is 0 Å². The average Bonchev–Trinajstić information content (AvgIpc) is 3.63. The van der Waals surface area contributed by atoms with E-state index in [1.807, 2.05) is 56.9 Å². The van der Waals surface area contributed by atoms with Crippen LogP contribution in [-0.2, 0) is 16.0 Å². The maximum Gasteiger partial charge on any atom is 0.261 e. The highest BCUT2D eigenvalue weighted by atomic mass is 19.1. The Labute approximate surface area is 201 Å². The summed E-state index contributed by atoms with van der Waals surface area (Å²) < 4.78 is 20.3. The van der Waals surface area contributed by atoms with Crippen LogP contribution in [0.4, 0.5) is 4.39 Å².